The average molecular weight is 911 g/mol. The van der Waals surface area contributed by atoms with Gasteiger partial charge in [0, 0.05) is 16.7 Å². The Bertz CT molecular complexity index is 1760. The van der Waals surface area contributed by atoms with Crippen LogP contribution in [0.5, 0.6) is 0 Å². The van der Waals surface area contributed by atoms with E-state index in [1.165, 1.54) is 6.92 Å². The topological polar surface area (TPSA) is 247 Å². The molecule has 0 unspecified atom stereocenters. The molecule has 2 bridgehead atoms. The minimum absolute atomic E-state index is 0.141. The summed E-state index contributed by atoms with van der Waals surface area (Å²) in [7, 11) is 0. The maximum Gasteiger partial charge on any atom is 0.187 e. The zero-order chi connectivity index (χ0) is 46.5. The molecule has 0 amide bonds. The van der Waals surface area contributed by atoms with Crippen LogP contribution in [-0.2, 0) is 33.2 Å². The van der Waals surface area contributed by atoms with Gasteiger partial charge >= 0.3 is 0 Å². The standard InChI is InChI=1S/C48H78O16/c1-22-30(51)33(54)36(57)39(59-22)63-38-35(56)32(53)24(20-49)61-41(38)64-37-34(55)31(52)23(2)60-40(37)62-29-12-13-44(7)25(43(29,5)6)10-14-45(8)26(44)11-15-48-27-18-42(3,4)16-17-47(27,21-58-48)28(50)19-46(45,48)9/h11,15,22-41,49-57H,10,12-14,16-21H2,1-9H3/t22-,23+,24+,25+,26+,27-,28+,29-,30-,31-,32+,33+,34-,35-,36+,37+,38+,39-,40-,41-,44-,45+,46-,47+,48+/m0/s1. The molecular formula is C48H78O16. The fourth-order valence-electron chi connectivity index (χ4n) is 15.7. The van der Waals surface area contributed by atoms with Gasteiger partial charge < -0.3 is 79.1 Å². The van der Waals surface area contributed by atoms with Crippen LogP contribution < -0.4 is 0 Å². The minimum Gasteiger partial charge on any atom is -0.394 e. The summed E-state index contributed by atoms with van der Waals surface area (Å²) < 4.78 is 44.3. The van der Waals surface area contributed by atoms with E-state index >= 15 is 0 Å². The van der Waals surface area contributed by atoms with Crippen LogP contribution in [0.1, 0.15) is 114 Å². The maximum atomic E-state index is 12.2. The van der Waals surface area contributed by atoms with Crippen molar-refractivity contribution in [2.24, 2.45) is 50.2 Å². The van der Waals surface area contributed by atoms with E-state index in [0.29, 0.717) is 19.4 Å². The summed E-state index contributed by atoms with van der Waals surface area (Å²) in [6.45, 7) is 19.5. The van der Waals surface area contributed by atoms with Crippen molar-refractivity contribution in [1.29, 1.82) is 0 Å². The van der Waals surface area contributed by atoms with Crippen molar-refractivity contribution in [1.82, 2.24) is 0 Å². The molecule has 1 spiro atoms. The normalized spacial score (nSPS) is 58.7. The first-order chi connectivity index (χ1) is 29.8. The number of allylic oxidation sites excluding steroid dienone is 1. The number of rotatable bonds is 7. The molecule has 0 radical (unpaired) electrons. The molecule has 4 heterocycles. The Labute approximate surface area is 377 Å². The molecule has 9 rings (SSSR count). The van der Waals surface area contributed by atoms with E-state index in [1.54, 1.807) is 6.92 Å². The predicted octanol–water partition coefficient (Wildman–Crippen LogP) is 1.66. The van der Waals surface area contributed by atoms with Crippen LogP contribution in [0.2, 0.25) is 0 Å². The van der Waals surface area contributed by atoms with E-state index in [-0.39, 0.29) is 44.8 Å². The maximum absolute atomic E-state index is 12.2. The zero-order valence-electron chi connectivity index (χ0n) is 39.2. The minimum atomic E-state index is -1.79. The third-order valence-electron chi connectivity index (χ3n) is 19.9. The van der Waals surface area contributed by atoms with Crippen LogP contribution in [0.25, 0.3) is 0 Å². The van der Waals surface area contributed by atoms with Crippen LogP contribution in [0, 0.1) is 50.2 Å². The number of ether oxygens (including phenoxy) is 7. The molecule has 64 heavy (non-hydrogen) atoms. The third kappa shape index (κ3) is 6.73. The predicted molar refractivity (Wildman–Crippen MR) is 227 cm³/mol. The van der Waals surface area contributed by atoms with Crippen LogP contribution in [-0.4, -0.2) is 169 Å². The van der Waals surface area contributed by atoms with E-state index in [9.17, 15) is 46.0 Å². The number of hydrogen-bond donors (Lipinski definition) is 9. The van der Waals surface area contributed by atoms with Gasteiger partial charge in [0.1, 0.15) is 61.0 Å². The summed E-state index contributed by atoms with van der Waals surface area (Å²) in [5.41, 5.74) is -1.49. The van der Waals surface area contributed by atoms with E-state index in [2.05, 4.69) is 60.6 Å². The molecule has 0 aromatic rings. The number of fused-ring (bicyclic) bond motifs is 4. The summed E-state index contributed by atoms with van der Waals surface area (Å²) in [5.74, 6) is 0.649. The van der Waals surface area contributed by atoms with Gasteiger partial charge in [-0.3, -0.25) is 0 Å². The van der Waals surface area contributed by atoms with Gasteiger partial charge in [0.15, 0.2) is 18.9 Å². The van der Waals surface area contributed by atoms with Gasteiger partial charge in [0.2, 0.25) is 0 Å². The highest BCUT2D eigenvalue weighted by atomic mass is 16.8. The fourth-order valence-corrected chi connectivity index (χ4v) is 15.7. The van der Waals surface area contributed by atoms with Crippen LogP contribution in [0.15, 0.2) is 12.2 Å². The Morgan fingerprint density at radius 2 is 1.22 bits per heavy atom. The Hall–Kier alpha value is -0.900. The molecule has 9 aliphatic rings. The molecule has 4 aliphatic heterocycles. The average Bonchev–Trinajstić information content (AvgIpc) is 3.51. The fraction of sp³-hybridized carbons (Fsp3) is 0.958. The summed E-state index contributed by atoms with van der Waals surface area (Å²) >= 11 is 0. The van der Waals surface area contributed by atoms with E-state index in [0.717, 1.165) is 38.5 Å². The zero-order valence-corrected chi connectivity index (χ0v) is 39.2. The van der Waals surface area contributed by atoms with Gasteiger partial charge in [-0.15, -0.1) is 0 Å². The van der Waals surface area contributed by atoms with E-state index in [4.69, 9.17) is 33.2 Å². The molecule has 4 saturated carbocycles. The lowest BCUT2D eigenvalue weighted by atomic mass is 9.32. The van der Waals surface area contributed by atoms with Crippen molar-refractivity contribution in [2.45, 2.75) is 224 Å². The van der Waals surface area contributed by atoms with Crippen molar-refractivity contribution in [2.75, 3.05) is 13.2 Å². The van der Waals surface area contributed by atoms with Gasteiger partial charge in [-0.05, 0) is 98.7 Å². The van der Waals surface area contributed by atoms with Crippen molar-refractivity contribution in [3.63, 3.8) is 0 Å². The molecule has 8 fully saturated rings. The van der Waals surface area contributed by atoms with Crippen molar-refractivity contribution in [3.8, 4) is 0 Å². The van der Waals surface area contributed by atoms with Gasteiger partial charge in [0.25, 0.3) is 0 Å². The number of aliphatic hydroxyl groups is 9. The second kappa shape index (κ2) is 16.1. The molecule has 4 saturated heterocycles. The van der Waals surface area contributed by atoms with Crippen LogP contribution in [0.3, 0.4) is 0 Å². The lowest BCUT2D eigenvalue weighted by molar-refractivity contribution is -0.396. The highest BCUT2D eigenvalue weighted by Gasteiger charge is 2.79. The Morgan fingerprint density at radius 1 is 0.609 bits per heavy atom. The first kappa shape index (κ1) is 48.1. The Balaban J connectivity index is 0.976. The molecular weight excluding hydrogens is 833 g/mol. The number of hydrogen-bond acceptors (Lipinski definition) is 16. The van der Waals surface area contributed by atoms with Crippen LogP contribution >= 0.6 is 0 Å². The van der Waals surface area contributed by atoms with Crippen molar-refractivity contribution in [3.05, 3.63) is 12.2 Å². The molecule has 0 aromatic heterocycles. The van der Waals surface area contributed by atoms with Crippen LogP contribution in [0.4, 0.5) is 0 Å². The SMILES string of the molecule is C[C@@H]1O[C@@H](O[C@H]2[C@H](O[C@H]3[C@H](O[C@H]4CC[C@@]5(C)[C@H](CC[C@]6(C)[C@@H]5C=C[C@@]57OC[C@@]8(CCC(C)(C)C[C@@H]85)[C@H](O)C[C@@]67C)C4(C)C)O[C@H](C)[C@H](O)[C@@H]3O)O[C@H](CO)[C@@H](O)[C@@H]2O)[C@H](O)[C@H](O)[C@H]1O. The lowest BCUT2D eigenvalue weighted by Crippen LogP contribution is -2.72. The van der Waals surface area contributed by atoms with Crippen molar-refractivity contribution < 1.29 is 79.1 Å². The van der Waals surface area contributed by atoms with E-state index < -0.39 is 122 Å². The number of aliphatic hydroxyl groups excluding tert-OH is 9. The van der Waals surface area contributed by atoms with Gasteiger partial charge in [-0.2, -0.15) is 0 Å². The first-order valence-electron chi connectivity index (χ1n) is 24.1. The molecule has 5 aliphatic carbocycles. The largest absolute Gasteiger partial charge is 0.394 e. The monoisotopic (exact) mass is 911 g/mol. The molecule has 366 valence electrons. The summed E-state index contributed by atoms with van der Waals surface area (Å²) in [4.78, 5) is 0. The molecule has 16 nitrogen and oxygen atoms in total. The van der Waals surface area contributed by atoms with Crippen molar-refractivity contribution >= 4 is 0 Å². The molecule has 0 aromatic carbocycles. The lowest BCUT2D eigenvalue weighted by Gasteiger charge is -2.73. The second-order valence-electron chi connectivity index (χ2n) is 23.9. The Morgan fingerprint density at radius 3 is 1.89 bits per heavy atom. The van der Waals surface area contributed by atoms with Gasteiger partial charge in [0.05, 0.1) is 43.2 Å². The highest BCUT2D eigenvalue weighted by Crippen LogP contribution is 2.79. The van der Waals surface area contributed by atoms with Gasteiger partial charge in [-0.25, -0.2) is 0 Å². The third-order valence-corrected chi connectivity index (χ3v) is 19.9. The molecule has 9 N–H and O–H groups in total. The molecule has 16 heteroatoms. The smallest absolute Gasteiger partial charge is 0.187 e. The summed E-state index contributed by atoms with van der Waals surface area (Å²) in [6, 6.07) is 0. The van der Waals surface area contributed by atoms with Gasteiger partial charge in [-0.1, -0.05) is 60.6 Å². The summed E-state index contributed by atoms with van der Waals surface area (Å²) in [5, 5.41) is 98.9. The second-order valence-corrected chi connectivity index (χ2v) is 23.9. The summed E-state index contributed by atoms with van der Waals surface area (Å²) in [6.07, 6.45) is -10.9. The molecule has 25 atom stereocenters. The van der Waals surface area contributed by atoms with E-state index in [1.807, 2.05) is 0 Å². The Kier molecular flexibility index (Phi) is 12.1. The highest BCUT2D eigenvalue weighted by molar-refractivity contribution is 5.36. The quantitative estimate of drug-likeness (QED) is 0.130. The first-order valence-corrected chi connectivity index (χ1v) is 24.1.